The molecule has 0 radical (unpaired) electrons. The summed E-state index contributed by atoms with van der Waals surface area (Å²) in [6.45, 7) is -0.544. The number of benzene rings is 2. The summed E-state index contributed by atoms with van der Waals surface area (Å²) >= 11 is 0.705. The van der Waals surface area contributed by atoms with Gasteiger partial charge in [0.1, 0.15) is 23.6 Å². The predicted octanol–water partition coefficient (Wildman–Crippen LogP) is 2.77. The van der Waals surface area contributed by atoms with Gasteiger partial charge in [0.25, 0.3) is 11.1 Å². The maximum Gasteiger partial charge on any atom is 0.339 e. The topological polar surface area (TPSA) is 133 Å². The lowest BCUT2D eigenvalue weighted by atomic mass is 10.1. The largest absolute Gasteiger partial charge is 0.507 e. The van der Waals surface area contributed by atoms with Crippen molar-refractivity contribution >= 4 is 46.5 Å². The zero-order valence-electron chi connectivity index (χ0n) is 15.6. The monoisotopic (exact) mass is 428 g/mol. The van der Waals surface area contributed by atoms with Gasteiger partial charge in [-0.1, -0.05) is 18.2 Å². The van der Waals surface area contributed by atoms with Gasteiger partial charge in [0.05, 0.1) is 12.0 Å². The smallest absolute Gasteiger partial charge is 0.339 e. The van der Waals surface area contributed by atoms with Crippen molar-refractivity contribution in [2.45, 2.75) is 0 Å². The molecule has 1 saturated heterocycles. The number of thioether (sulfide) groups is 1. The number of rotatable bonds is 6. The Balaban J connectivity index is 1.73. The average Bonchev–Trinajstić information content (AvgIpc) is 2.97. The summed E-state index contributed by atoms with van der Waals surface area (Å²) in [5.41, 5.74) is 0.325. The van der Waals surface area contributed by atoms with E-state index in [0.717, 1.165) is 17.0 Å². The highest BCUT2D eigenvalue weighted by Crippen LogP contribution is 2.33. The van der Waals surface area contributed by atoms with Gasteiger partial charge >= 0.3 is 5.97 Å². The molecule has 10 heteroatoms. The van der Waals surface area contributed by atoms with E-state index < -0.39 is 40.9 Å². The van der Waals surface area contributed by atoms with E-state index in [1.807, 2.05) is 0 Å². The van der Waals surface area contributed by atoms with Gasteiger partial charge in [0.15, 0.2) is 0 Å². The maximum absolute atomic E-state index is 12.6. The van der Waals surface area contributed by atoms with E-state index in [1.54, 1.807) is 24.3 Å². The molecular formula is C20H16N2O7S. The van der Waals surface area contributed by atoms with Gasteiger partial charge in [-0.2, -0.15) is 0 Å². The number of anilines is 1. The maximum atomic E-state index is 12.6. The third-order valence-electron chi connectivity index (χ3n) is 4.11. The minimum Gasteiger partial charge on any atom is -0.507 e. The number of phenols is 1. The van der Waals surface area contributed by atoms with Crippen molar-refractivity contribution in [2.24, 2.45) is 0 Å². The van der Waals surface area contributed by atoms with Gasteiger partial charge in [-0.15, -0.1) is 0 Å². The first-order valence-electron chi connectivity index (χ1n) is 8.54. The number of para-hydroxylation sites is 1. The van der Waals surface area contributed by atoms with Crippen molar-refractivity contribution in [3.05, 3.63) is 58.5 Å². The number of nitrogens with zero attached hydrogens (tertiary/aromatic N) is 1. The second-order valence-electron chi connectivity index (χ2n) is 6.10. The number of methoxy groups -OCH3 is 1. The summed E-state index contributed by atoms with van der Waals surface area (Å²) in [6.07, 6.45) is 1.51. The lowest BCUT2D eigenvalue weighted by Gasteiger charge is -2.13. The minimum atomic E-state index is -1.36. The summed E-state index contributed by atoms with van der Waals surface area (Å²) in [4.78, 5) is 49.1. The predicted molar refractivity (Wildman–Crippen MR) is 109 cm³/mol. The van der Waals surface area contributed by atoms with Gasteiger partial charge in [-0.25, -0.2) is 4.79 Å². The molecule has 0 bridgehead atoms. The summed E-state index contributed by atoms with van der Waals surface area (Å²) in [5.74, 6) is -2.60. The van der Waals surface area contributed by atoms with Crippen LogP contribution in [0.25, 0.3) is 6.08 Å². The number of ether oxygens (including phenoxy) is 1. The van der Waals surface area contributed by atoms with Crippen molar-refractivity contribution in [1.29, 1.82) is 0 Å². The Morgan fingerprint density at radius 3 is 2.63 bits per heavy atom. The van der Waals surface area contributed by atoms with E-state index in [-0.39, 0.29) is 10.6 Å². The molecule has 0 atom stereocenters. The zero-order valence-corrected chi connectivity index (χ0v) is 16.4. The molecule has 0 spiro atoms. The molecule has 154 valence electrons. The van der Waals surface area contributed by atoms with Crippen LogP contribution in [0.15, 0.2) is 47.4 Å². The molecule has 1 heterocycles. The van der Waals surface area contributed by atoms with Crippen LogP contribution in [0.2, 0.25) is 0 Å². The Kier molecular flexibility index (Phi) is 6.07. The first kappa shape index (κ1) is 20.9. The van der Waals surface area contributed by atoms with E-state index in [0.29, 0.717) is 23.1 Å². The molecule has 1 fully saturated rings. The number of carbonyl (C=O) groups excluding carboxylic acids is 3. The highest BCUT2D eigenvalue weighted by atomic mass is 32.2. The number of imide groups is 1. The summed E-state index contributed by atoms with van der Waals surface area (Å²) < 4.78 is 5.22. The van der Waals surface area contributed by atoms with Crippen LogP contribution < -0.4 is 10.1 Å². The van der Waals surface area contributed by atoms with Crippen molar-refractivity contribution in [3.8, 4) is 11.5 Å². The van der Waals surface area contributed by atoms with E-state index >= 15 is 0 Å². The Morgan fingerprint density at radius 2 is 1.93 bits per heavy atom. The molecule has 0 aliphatic carbocycles. The van der Waals surface area contributed by atoms with Crippen LogP contribution in [-0.4, -0.2) is 51.8 Å². The number of hydrogen-bond acceptors (Lipinski definition) is 7. The second-order valence-corrected chi connectivity index (χ2v) is 7.09. The van der Waals surface area contributed by atoms with E-state index in [9.17, 15) is 24.3 Å². The Bertz CT molecular complexity index is 1080. The minimum absolute atomic E-state index is 0.103. The van der Waals surface area contributed by atoms with Gasteiger partial charge in [-0.3, -0.25) is 19.3 Å². The first-order valence-corrected chi connectivity index (χ1v) is 9.36. The van der Waals surface area contributed by atoms with Gasteiger partial charge in [-0.05, 0) is 42.1 Å². The molecule has 9 nitrogen and oxygen atoms in total. The highest BCUT2D eigenvalue weighted by molar-refractivity contribution is 8.18. The number of aromatic hydroxyl groups is 1. The third kappa shape index (κ3) is 4.44. The summed E-state index contributed by atoms with van der Waals surface area (Å²) in [7, 11) is 1.49. The molecule has 0 aromatic heterocycles. The van der Waals surface area contributed by atoms with Crippen molar-refractivity contribution in [3.63, 3.8) is 0 Å². The number of amides is 3. The zero-order chi connectivity index (χ0) is 21.8. The van der Waals surface area contributed by atoms with Gasteiger partial charge in [0.2, 0.25) is 5.91 Å². The normalized spacial score (nSPS) is 14.8. The SMILES string of the molecule is COc1ccccc1/C=C1\SC(=O)N(CC(=O)Nc2ccc(O)c(C(=O)O)c2)C1=O. The van der Waals surface area contributed by atoms with E-state index in [4.69, 9.17) is 9.84 Å². The molecule has 1 aliphatic rings. The van der Waals surface area contributed by atoms with Crippen LogP contribution in [0, 0.1) is 0 Å². The number of carboxylic acids is 1. The van der Waals surface area contributed by atoms with E-state index in [2.05, 4.69) is 5.32 Å². The van der Waals surface area contributed by atoms with Crippen LogP contribution >= 0.6 is 11.8 Å². The van der Waals surface area contributed by atoms with Crippen molar-refractivity contribution < 1.29 is 34.1 Å². The molecule has 30 heavy (non-hydrogen) atoms. The Hall–Kier alpha value is -3.79. The molecule has 3 rings (SSSR count). The Labute approximate surface area is 174 Å². The number of nitrogens with one attached hydrogen (secondary N) is 1. The third-order valence-corrected chi connectivity index (χ3v) is 5.02. The molecule has 2 aromatic carbocycles. The average molecular weight is 428 g/mol. The van der Waals surface area contributed by atoms with Crippen LogP contribution in [0.1, 0.15) is 15.9 Å². The number of carboxylic acid groups (broad SMARTS) is 1. The number of carbonyl (C=O) groups is 4. The van der Waals surface area contributed by atoms with Crippen LogP contribution in [-0.2, 0) is 9.59 Å². The highest BCUT2D eigenvalue weighted by Gasteiger charge is 2.36. The van der Waals surface area contributed by atoms with Gasteiger partial charge in [0, 0.05) is 11.3 Å². The standard InChI is InChI=1S/C20H16N2O7S/c1-29-15-5-3-2-4-11(15)8-16-18(25)22(20(28)30-16)10-17(24)21-12-6-7-14(23)13(9-12)19(26)27/h2-9,23H,10H2,1H3,(H,21,24)(H,26,27)/b16-8-. The molecule has 1 aliphatic heterocycles. The molecule has 0 unspecified atom stereocenters. The Morgan fingerprint density at radius 1 is 1.20 bits per heavy atom. The molecule has 2 aromatic rings. The van der Waals surface area contributed by atoms with Crippen LogP contribution in [0.5, 0.6) is 11.5 Å². The van der Waals surface area contributed by atoms with Crippen molar-refractivity contribution in [2.75, 3.05) is 19.0 Å². The first-order chi connectivity index (χ1) is 14.3. The molecule has 3 N–H and O–H groups in total. The van der Waals surface area contributed by atoms with Crippen LogP contribution in [0.4, 0.5) is 10.5 Å². The summed E-state index contributed by atoms with van der Waals surface area (Å²) in [6, 6.07) is 10.5. The fourth-order valence-corrected chi connectivity index (χ4v) is 3.52. The fourth-order valence-electron chi connectivity index (χ4n) is 2.69. The second kappa shape index (κ2) is 8.70. The van der Waals surface area contributed by atoms with Crippen LogP contribution in [0.3, 0.4) is 0 Å². The van der Waals surface area contributed by atoms with Crippen molar-refractivity contribution in [1.82, 2.24) is 4.90 Å². The fraction of sp³-hybridized carbons (Fsp3) is 0.100. The van der Waals surface area contributed by atoms with Gasteiger partial charge < -0.3 is 20.3 Å². The molecular weight excluding hydrogens is 412 g/mol. The number of hydrogen-bond donors (Lipinski definition) is 3. The summed E-state index contributed by atoms with van der Waals surface area (Å²) in [5, 5.41) is 20.3. The lowest BCUT2D eigenvalue weighted by Crippen LogP contribution is -2.36. The quantitative estimate of drug-likeness (QED) is 0.472. The van der Waals surface area contributed by atoms with E-state index in [1.165, 1.54) is 19.3 Å². The molecule has 0 saturated carbocycles. The number of aromatic carboxylic acids is 1. The molecule has 3 amide bonds. The lowest BCUT2D eigenvalue weighted by molar-refractivity contribution is -0.127.